The maximum atomic E-state index is 11.8. The van der Waals surface area contributed by atoms with Gasteiger partial charge in [-0.1, -0.05) is 0 Å². The molecule has 0 unspecified atom stereocenters. The molecule has 0 saturated carbocycles. The van der Waals surface area contributed by atoms with Gasteiger partial charge in [0.2, 0.25) is 11.9 Å². The van der Waals surface area contributed by atoms with Crippen LogP contribution in [-0.4, -0.2) is 60.6 Å². The molecule has 0 spiro atoms. The summed E-state index contributed by atoms with van der Waals surface area (Å²) >= 11 is 1.49. The number of aryl methyl sites for hydroxylation is 1. The van der Waals surface area contributed by atoms with Gasteiger partial charge in [-0.2, -0.15) is 16.7 Å². The molecular weight excluding hydrogens is 390 g/mol. The van der Waals surface area contributed by atoms with Crippen LogP contribution in [0.2, 0.25) is 0 Å². The van der Waals surface area contributed by atoms with Crippen molar-refractivity contribution in [1.29, 1.82) is 0 Å². The Hall–Kier alpha value is -3.02. The standard InChI is InChI=1S/C16H21N5O6S/c17-16-20-13-9(14(25)21-16)7-8(18-13)3-5-28-6-4-11(22)19-10(15(26)27)1-2-12(23)24/h7,10H,1-6H2,(H,19,22)(H,23,24)(H,26,27)(H4,17,18,20,21,25)/t10-/m0/s1. The zero-order valence-electron chi connectivity index (χ0n) is 14.9. The number of thioether (sulfide) groups is 1. The zero-order chi connectivity index (χ0) is 20.7. The van der Waals surface area contributed by atoms with Gasteiger partial charge in [-0.15, -0.1) is 0 Å². The summed E-state index contributed by atoms with van der Waals surface area (Å²) in [6.45, 7) is 0. The van der Waals surface area contributed by atoms with E-state index in [1.807, 2.05) is 0 Å². The lowest BCUT2D eigenvalue weighted by Crippen LogP contribution is -2.41. The number of aromatic nitrogens is 3. The van der Waals surface area contributed by atoms with E-state index in [1.165, 1.54) is 11.8 Å². The molecular formula is C16H21N5O6S. The number of aromatic amines is 2. The Balaban J connectivity index is 1.73. The molecule has 1 amide bonds. The number of aliphatic carboxylic acids is 2. The molecule has 0 bridgehead atoms. The lowest BCUT2D eigenvalue weighted by molar-refractivity contribution is -0.143. The molecule has 2 aromatic heterocycles. The van der Waals surface area contributed by atoms with Gasteiger partial charge in [-0.25, -0.2) is 4.79 Å². The molecule has 0 radical (unpaired) electrons. The van der Waals surface area contributed by atoms with Gasteiger partial charge in [0.05, 0.1) is 5.39 Å². The van der Waals surface area contributed by atoms with Gasteiger partial charge in [-0.3, -0.25) is 19.4 Å². The molecule has 0 fully saturated rings. The minimum absolute atomic E-state index is 0.0364. The fraction of sp³-hybridized carbons (Fsp3) is 0.438. The third-order valence-electron chi connectivity index (χ3n) is 3.84. The molecule has 0 aliphatic heterocycles. The topological polar surface area (TPSA) is 191 Å². The number of nitrogen functional groups attached to an aromatic ring is 1. The molecule has 7 N–H and O–H groups in total. The minimum Gasteiger partial charge on any atom is -0.481 e. The van der Waals surface area contributed by atoms with Crippen molar-refractivity contribution in [3.05, 3.63) is 22.1 Å². The lowest BCUT2D eigenvalue weighted by Gasteiger charge is -2.13. The van der Waals surface area contributed by atoms with Crippen molar-refractivity contribution in [3.63, 3.8) is 0 Å². The van der Waals surface area contributed by atoms with Gasteiger partial charge < -0.3 is 26.2 Å². The van der Waals surface area contributed by atoms with Gasteiger partial charge in [0.15, 0.2) is 0 Å². The summed E-state index contributed by atoms with van der Waals surface area (Å²) in [7, 11) is 0. The molecule has 0 saturated heterocycles. The van der Waals surface area contributed by atoms with Crippen LogP contribution in [-0.2, 0) is 20.8 Å². The second kappa shape index (κ2) is 9.78. The monoisotopic (exact) mass is 411 g/mol. The van der Waals surface area contributed by atoms with Crippen molar-refractivity contribution in [2.24, 2.45) is 0 Å². The Morgan fingerprint density at radius 2 is 1.96 bits per heavy atom. The number of hydrogen-bond donors (Lipinski definition) is 6. The number of nitrogens with zero attached hydrogens (tertiary/aromatic N) is 1. The highest BCUT2D eigenvalue weighted by atomic mass is 32.2. The Bertz CT molecular complexity index is 924. The summed E-state index contributed by atoms with van der Waals surface area (Å²) in [6.07, 6.45) is 0.242. The van der Waals surface area contributed by atoms with Crippen LogP contribution in [0.1, 0.15) is 25.0 Å². The highest BCUT2D eigenvalue weighted by molar-refractivity contribution is 7.99. The second-order valence-electron chi connectivity index (χ2n) is 6.01. The summed E-state index contributed by atoms with van der Waals surface area (Å²) in [5.41, 5.74) is 6.41. The Morgan fingerprint density at radius 1 is 1.21 bits per heavy atom. The molecule has 11 nitrogen and oxygen atoms in total. The molecule has 0 aromatic carbocycles. The average molecular weight is 411 g/mol. The number of anilines is 1. The van der Waals surface area contributed by atoms with Crippen LogP contribution < -0.4 is 16.6 Å². The predicted octanol–water partition coefficient (Wildman–Crippen LogP) is -0.0666. The van der Waals surface area contributed by atoms with Crippen molar-refractivity contribution in [3.8, 4) is 0 Å². The molecule has 2 aromatic rings. The molecule has 2 heterocycles. The van der Waals surface area contributed by atoms with E-state index in [2.05, 4.69) is 20.3 Å². The molecule has 12 heteroatoms. The zero-order valence-corrected chi connectivity index (χ0v) is 15.7. The summed E-state index contributed by atoms with van der Waals surface area (Å²) in [4.78, 5) is 54.6. The first kappa shape index (κ1) is 21.3. The van der Waals surface area contributed by atoms with E-state index in [1.54, 1.807) is 6.07 Å². The van der Waals surface area contributed by atoms with Gasteiger partial charge in [0.25, 0.3) is 5.56 Å². The highest BCUT2D eigenvalue weighted by Gasteiger charge is 2.20. The van der Waals surface area contributed by atoms with E-state index >= 15 is 0 Å². The predicted molar refractivity (Wildman–Crippen MR) is 103 cm³/mol. The Kier molecular flexibility index (Phi) is 7.44. The lowest BCUT2D eigenvalue weighted by atomic mass is 10.1. The summed E-state index contributed by atoms with van der Waals surface area (Å²) in [6, 6.07) is 0.492. The molecule has 0 aliphatic carbocycles. The van der Waals surface area contributed by atoms with Gasteiger partial charge >= 0.3 is 11.9 Å². The van der Waals surface area contributed by atoms with E-state index in [0.29, 0.717) is 29.0 Å². The van der Waals surface area contributed by atoms with Crippen molar-refractivity contribution < 1.29 is 24.6 Å². The SMILES string of the molecule is Nc1nc2[nH]c(CCSCCC(=O)N[C@@H](CCC(=O)O)C(=O)O)cc2c(=O)[nH]1. The molecule has 152 valence electrons. The van der Waals surface area contributed by atoms with Crippen LogP contribution in [0.4, 0.5) is 5.95 Å². The third-order valence-corrected chi connectivity index (χ3v) is 4.83. The summed E-state index contributed by atoms with van der Waals surface area (Å²) in [5.74, 6) is -1.63. The fourth-order valence-electron chi connectivity index (χ4n) is 2.47. The number of carbonyl (C=O) groups excluding carboxylic acids is 1. The van der Waals surface area contributed by atoms with Crippen LogP contribution in [0, 0.1) is 0 Å². The quantitative estimate of drug-likeness (QED) is 0.275. The first-order chi connectivity index (χ1) is 13.3. The van der Waals surface area contributed by atoms with Gasteiger partial charge in [0, 0.05) is 24.3 Å². The van der Waals surface area contributed by atoms with Crippen molar-refractivity contribution >= 4 is 46.6 Å². The van der Waals surface area contributed by atoms with Crippen LogP contribution in [0.15, 0.2) is 10.9 Å². The van der Waals surface area contributed by atoms with E-state index in [-0.39, 0.29) is 30.8 Å². The van der Waals surface area contributed by atoms with Crippen LogP contribution in [0.25, 0.3) is 11.0 Å². The average Bonchev–Trinajstić information content (AvgIpc) is 3.01. The number of H-pyrrole nitrogens is 2. The number of rotatable bonds is 11. The van der Waals surface area contributed by atoms with Crippen molar-refractivity contribution in [2.75, 3.05) is 17.2 Å². The number of nitrogens with one attached hydrogen (secondary N) is 3. The molecule has 28 heavy (non-hydrogen) atoms. The Morgan fingerprint density at radius 3 is 2.64 bits per heavy atom. The number of carbonyl (C=O) groups is 3. The van der Waals surface area contributed by atoms with E-state index < -0.39 is 23.9 Å². The first-order valence-electron chi connectivity index (χ1n) is 8.45. The molecule has 2 rings (SSSR count). The Labute approximate surface area is 163 Å². The summed E-state index contributed by atoms with van der Waals surface area (Å²) in [5, 5.41) is 20.4. The first-order valence-corrected chi connectivity index (χ1v) is 9.61. The number of hydrogen-bond acceptors (Lipinski definition) is 7. The highest BCUT2D eigenvalue weighted by Crippen LogP contribution is 2.13. The third kappa shape index (κ3) is 6.30. The van der Waals surface area contributed by atoms with Crippen LogP contribution in [0.5, 0.6) is 0 Å². The van der Waals surface area contributed by atoms with Crippen LogP contribution >= 0.6 is 11.8 Å². The number of fused-ring (bicyclic) bond motifs is 1. The second-order valence-corrected chi connectivity index (χ2v) is 7.24. The van der Waals surface area contributed by atoms with E-state index in [0.717, 1.165) is 5.69 Å². The molecule has 1 atom stereocenters. The number of nitrogens with two attached hydrogens (primary N) is 1. The smallest absolute Gasteiger partial charge is 0.326 e. The molecule has 0 aliphatic rings. The number of carboxylic acid groups (broad SMARTS) is 2. The maximum Gasteiger partial charge on any atom is 0.326 e. The maximum absolute atomic E-state index is 11.8. The van der Waals surface area contributed by atoms with E-state index in [4.69, 9.17) is 15.9 Å². The largest absolute Gasteiger partial charge is 0.481 e. The van der Waals surface area contributed by atoms with Gasteiger partial charge in [-0.05, 0) is 24.7 Å². The number of carboxylic acids is 2. The van der Waals surface area contributed by atoms with E-state index in [9.17, 15) is 19.2 Å². The van der Waals surface area contributed by atoms with Crippen LogP contribution in [0.3, 0.4) is 0 Å². The fourth-order valence-corrected chi connectivity index (χ4v) is 3.36. The number of amides is 1. The normalized spacial score (nSPS) is 12.0. The van der Waals surface area contributed by atoms with Crippen molar-refractivity contribution in [2.45, 2.75) is 31.7 Å². The van der Waals surface area contributed by atoms with Crippen molar-refractivity contribution in [1.82, 2.24) is 20.3 Å². The minimum atomic E-state index is -1.26. The van der Waals surface area contributed by atoms with Gasteiger partial charge in [0.1, 0.15) is 11.7 Å². The summed E-state index contributed by atoms with van der Waals surface area (Å²) < 4.78 is 0.